The predicted molar refractivity (Wildman–Crippen MR) is 89.6 cm³/mol. The Morgan fingerprint density at radius 1 is 0.739 bits per heavy atom. The summed E-state index contributed by atoms with van der Waals surface area (Å²) in [7, 11) is 0. The van der Waals surface area contributed by atoms with Crippen molar-refractivity contribution in [1.29, 1.82) is 0 Å². The highest BCUT2D eigenvalue weighted by Gasteiger charge is 2.64. The van der Waals surface area contributed by atoms with Gasteiger partial charge in [0.2, 0.25) is 0 Å². The Balaban J connectivity index is 1.59. The molecular formula is C21H22O2. The molecule has 118 valence electrons. The largest absolute Gasteiger partial charge is 0.508 e. The Bertz CT molecular complexity index is 746. The second-order valence-electron chi connectivity index (χ2n) is 8.12. The molecule has 2 aromatic rings. The van der Waals surface area contributed by atoms with Crippen LogP contribution in [0.2, 0.25) is 0 Å². The summed E-state index contributed by atoms with van der Waals surface area (Å²) >= 11 is 0. The summed E-state index contributed by atoms with van der Waals surface area (Å²) in [5, 5.41) is 19.2. The van der Waals surface area contributed by atoms with Gasteiger partial charge < -0.3 is 10.2 Å². The van der Waals surface area contributed by atoms with Crippen molar-refractivity contribution in [1.82, 2.24) is 0 Å². The van der Waals surface area contributed by atoms with Gasteiger partial charge in [-0.05, 0) is 90.2 Å². The van der Waals surface area contributed by atoms with Crippen molar-refractivity contribution in [3.63, 3.8) is 0 Å². The van der Waals surface area contributed by atoms with Gasteiger partial charge in [-0.25, -0.2) is 0 Å². The molecule has 0 spiro atoms. The van der Waals surface area contributed by atoms with E-state index >= 15 is 0 Å². The van der Waals surface area contributed by atoms with E-state index in [9.17, 15) is 10.2 Å². The summed E-state index contributed by atoms with van der Waals surface area (Å²) in [6, 6.07) is 15.9. The smallest absolute Gasteiger partial charge is 0.115 e. The standard InChI is InChI=1S/C21H22O2/c22-18-5-1-15(2-6-18)20-10-14-9-17(12-20)21(11-14,13-20)16-3-7-19(23)8-4-16/h1-8,14,17,22-23H,9-13H2. The molecule has 4 aliphatic rings. The summed E-state index contributed by atoms with van der Waals surface area (Å²) in [4.78, 5) is 0. The molecule has 2 nitrogen and oxygen atoms in total. The summed E-state index contributed by atoms with van der Waals surface area (Å²) in [5.41, 5.74) is 3.42. The molecule has 4 saturated carbocycles. The number of benzene rings is 2. The van der Waals surface area contributed by atoms with Gasteiger partial charge in [-0.2, -0.15) is 0 Å². The number of rotatable bonds is 2. The molecule has 2 aromatic carbocycles. The summed E-state index contributed by atoms with van der Waals surface area (Å²) in [6.07, 6.45) is 6.46. The zero-order valence-corrected chi connectivity index (χ0v) is 13.2. The van der Waals surface area contributed by atoms with E-state index in [0.717, 1.165) is 11.8 Å². The molecular weight excluding hydrogens is 284 g/mol. The van der Waals surface area contributed by atoms with Crippen molar-refractivity contribution in [2.45, 2.75) is 42.9 Å². The van der Waals surface area contributed by atoms with Crippen LogP contribution in [0.1, 0.15) is 43.2 Å². The van der Waals surface area contributed by atoms with Crippen LogP contribution < -0.4 is 0 Å². The zero-order chi connectivity index (χ0) is 15.7. The maximum Gasteiger partial charge on any atom is 0.115 e. The fourth-order valence-corrected chi connectivity index (χ4v) is 6.30. The van der Waals surface area contributed by atoms with E-state index in [1.165, 1.54) is 43.2 Å². The Kier molecular flexibility index (Phi) is 2.53. The molecule has 0 aromatic heterocycles. The lowest BCUT2D eigenvalue weighted by Crippen LogP contribution is -2.35. The van der Waals surface area contributed by atoms with Gasteiger partial charge in [0.25, 0.3) is 0 Å². The van der Waals surface area contributed by atoms with E-state index in [-0.39, 0.29) is 5.41 Å². The summed E-state index contributed by atoms with van der Waals surface area (Å²) < 4.78 is 0. The Labute approximate surface area is 136 Å². The molecule has 2 heteroatoms. The van der Waals surface area contributed by atoms with Crippen LogP contribution in [0.3, 0.4) is 0 Å². The van der Waals surface area contributed by atoms with E-state index in [2.05, 4.69) is 24.3 Å². The molecule has 0 aliphatic heterocycles. The van der Waals surface area contributed by atoms with Crippen LogP contribution in [0.15, 0.2) is 48.5 Å². The highest BCUT2D eigenvalue weighted by atomic mass is 16.3. The Morgan fingerprint density at radius 2 is 1.35 bits per heavy atom. The lowest BCUT2D eigenvalue weighted by Gasteiger charge is -2.41. The third-order valence-electron chi connectivity index (χ3n) is 6.94. The van der Waals surface area contributed by atoms with Crippen molar-refractivity contribution in [2.24, 2.45) is 11.8 Å². The van der Waals surface area contributed by atoms with Crippen molar-refractivity contribution in [3.05, 3.63) is 59.7 Å². The van der Waals surface area contributed by atoms with Gasteiger partial charge in [0.15, 0.2) is 0 Å². The van der Waals surface area contributed by atoms with E-state index in [4.69, 9.17) is 0 Å². The number of hydrogen-bond acceptors (Lipinski definition) is 2. The fraction of sp³-hybridized carbons (Fsp3) is 0.429. The van der Waals surface area contributed by atoms with Crippen LogP contribution in [-0.2, 0) is 10.8 Å². The average molecular weight is 306 g/mol. The lowest BCUT2D eigenvalue weighted by molar-refractivity contribution is 0.219. The van der Waals surface area contributed by atoms with E-state index in [1.54, 1.807) is 0 Å². The molecule has 4 atom stereocenters. The number of phenolic OH excluding ortho intramolecular Hbond substituents is 2. The van der Waals surface area contributed by atoms with Crippen molar-refractivity contribution >= 4 is 0 Å². The van der Waals surface area contributed by atoms with Gasteiger partial charge in [-0.3, -0.25) is 0 Å². The highest BCUT2D eigenvalue weighted by molar-refractivity contribution is 5.43. The molecule has 6 rings (SSSR count). The first-order chi connectivity index (χ1) is 11.1. The van der Waals surface area contributed by atoms with Crippen molar-refractivity contribution < 1.29 is 10.2 Å². The molecule has 0 radical (unpaired) electrons. The Morgan fingerprint density at radius 3 is 2.00 bits per heavy atom. The minimum Gasteiger partial charge on any atom is -0.508 e. The molecule has 2 N–H and O–H groups in total. The van der Waals surface area contributed by atoms with Crippen LogP contribution in [0.25, 0.3) is 0 Å². The quantitative estimate of drug-likeness (QED) is 0.858. The summed E-state index contributed by atoms with van der Waals surface area (Å²) in [6.45, 7) is 0. The van der Waals surface area contributed by atoms with E-state index in [1.807, 2.05) is 24.3 Å². The molecule has 4 bridgehead atoms. The molecule has 4 fully saturated rings. The van der Waals surface area contributed by atoms with Crippen molar-refractivity contribution in [2.75, 3.05) is 0 Å². The monoisotopic (exact) mass is 306 g/mol. The van der Waals surface area contributed by atoms with Gasteiger partial charge in [-0.1, -0.05) is 24.3 Å². The predicted octanol–water partition coefficient (Wildman–Crippen LogP) is 4.50. The first kappa shape index (κ1) is 13.5. The van der Waals surface area contributed by atoms with Crippen LogP contribution in [-0.4, -0.2) is 10.2 Å². The SMILES string of the molecule is Oc1ccc(C23CC4CC(C2)C(c2ccc(O)cc2)(C4)C3)cc1. The molecule has 0 amide bonds. The molecule has 4 unspecified atom stereocenters. The van der Waals surface area contributed by atoms with Gasteiger partial charge in [0, 0.05) is 0 Å². The number of aromatic hydroxyl groups is 2. The van der Waals surface area contributed by atoms with Gasteiger partial charge in [0.05, 0.1) is 0 Å². The second kappa shape index (κ2) is 4.31. The number of hydrogen-bond donors (Lipinski definition) is 2. The van der Waals surface area contributed by atoms with Crippen LogP contribution in [0.4, 0.5) is 0 Å². The first-order valence-electron chi connectivity index (χ1n) is 8.69. The molecule has 0 heterocycles. The maximum absolute atomic E-state index is 9.63. The second-order valence-corrected chi connectivity index (χ2v) is 8.12. The van der Waals surface area contributed by atoms with Crippen LogP contribution in [0.5, 0.6) is 11.5 Å². The maximum atomic E-state index is 9.63. The normalized spacial score (nSPS) is 37.4. The number of phenols is 2. The van der Waals surface area contributed by atoms with Crippen molar-refractivity contribution in [3.8, 4) is 11.5 Å². The van der Waals surface area contributed by atoms with Crippen LogP contribution in [0, 0.1) is 11.8 Å². The van der Waals surface area contributed by atoms with Crippen LogP contribution >= 0.6 is 0 Å². The zero-order valence-electron chi connectivity index (χ0n) is 13.2. The summed E-state index contributed by atoms with van der Waals surface area (Å²) in [5.74, 6) is 2.30. The van der Waals surface area contributed by atoms with E-state index < -0.39 is 0 Å². The van der Waals surface area contributed by atoms with Gasteiger partial charge in [0.1, 0.15) is 11.5 Å². The Hall–Kier alpha value is -1.96. The molecule has 0 saturated heterocycles. The van der Waals surface area contributed by atoms with Gasteiger partial charge >= 0.3 is 0 Å². The van der Waals surface area contributed by atoms with E-state index in [0.29, 0.717) is 16.9 Å². The average Bonchev–Trinajstić information content (AvgIpc) is 2.92. The minimum atomic E-state index is 0.289. The topological polar surface area (TPSA) is 40.5 Å². The lowest BCUT2D eigenvalue weighted by atomic mass is 9.62. The molecule has 23 heavy (non-hydrogen) atoms. The third-order valence-corrected chi connectivity index (χ3v) is 6.94. The van der Waals surface area contributed by atoms with Gasteiger partial charge in [-0.15, -0.1) is 0 Å². The third kappa shape index (κ3) is 1.75. The first-order valence-corrected chi connectivity index (χ1v) is 8.69. The fourth-order valence-electron chi connectivity index (χ4n) is 6.30. The minimum absolute atomic E-state index is 0.289. The molecule has 4 aliphatic carbocycles. The highest BCUT2D eigenvalue weighted by Crippen LogP contribution is 2.71.